The van der Waals surface area contributed by atoms with Crippen LogP contribution < -0.4 is 10.0 Å². The van der Waals surface area contributed by atoms with E-state index in [1.165, 1.54) is 0 Å². The summed E-state index contributed by atoms with van der Waals surface area (Å²) in [6, 6.07) is 1.86. The lowest BCUT2D eigenvalue weighted by Gasteiger charge is -2.20. The van der Waals surface area contributed by atoms with Crippen LogP contribution in [0.4, 0.5) is 5.82 Å². The van der Waals surface area contributed by atoms with Crippen molar-refractivity contribution in [2.24, 2.45) is 0 Å². The number of carbonyl (C=O) groups is 1. The van der Waals surface area contributed by atoms with Gasteiger partial charge in [0.2, 0.25) is 15.9 Å². The average Bonchev–Trinajstić information content (AvgIpc) is 2.35. The van der Waals surface area contributed by atoms with E-state index >= 15 is 0 Å². The fourth-order valence-electron chi connectivity index (χ4n) is 1.76. The summed E-state index contributed by atoms with van der Waals surface area (Å²) in [6.07, 6.45) is 0.992. The van der Waals surface area contributed by atoms with Crippen molar-refractivity contribution in [1.82, 2.24) is 14.7 Å². The molecule has 0 spiro atoms. The monoisotopic (exact) mass is 342 g/mol. The zero-order valence-electron chi connectivity index (χ0n) is 14.6. The smallest absolute Gasteiger partial charge is 0.235 e. The van der Waals surface area contributed by atoms with Gasteiger partial charge in [-0.1, -0.05) is 34.6 Å². The first-order valence-corrected chi connectivity index (χ1v) is 9.41. The van der Waals surface area contributed by atoms with Crippen molar-refractivity contribution in [3.05, 3.63) is 17.6 Å². The zero-order chi connectivity index (χ0) is 17.8. The van der Waals surface area contributed by atoms with Crippen molar-refractivity contribution in [2.75, 3.05) is 18.1 Å². The van der Waals surface area contributed by atoms with Gasteiger partial charge in [-0.2, -0.15) is 0 Å². The molecule has 0 saturated carbocycles. The van der Waals surface area contributed by atoms with E-state index in [-0.39, 0.29) is 17.8 Å². The molecule has 0 radical (unpaired) electrons. The van der Waals surface area contributed by atoms with Crippen LogP contribution >= 0.6 is 0 Å². The Morgan fingerprint density at radius 3 is 2.35 bits per heavy atom. The van der Waals surface area contributed by atoms with Gasteiger partial charge in [0.15, 0.2) is 0 Å². The van der Waals surface area contributed by atoms with E-state index in [0.717, 1.165) is 17.8 Å². The quantitative estimate of drug-likeness (QED) is 0.817. The second-order valence-electron chi connectivity index (χ2n) is 6.88. The first-order chi connectivity index (χ1) is 10.4. The minimum atomic E-state index is -3.52. The molecular formula is C15H26N4O3S. The SMILES string of the molecule is CC(C)c1nc(NCCC(=O)NS(C)(=O)=O)cc(C(C)(C)C)n1. The third-order valence-corrected chi connectivity index (χ3v) is 3.58. The van der Waals surface area contributed by atoms with E-state index in [1.807, 2.05) is 24.6 Å². The minimum absolute atomic E-state index is 0.0406. The molecule has 0 aliphatic rings. The summed E-state index contributed by atoms with van der Waals surface area (Å²) in [6.45, 7) is 10.5. The van der Waals surface area contributed by atoms with Crippen LogP contribution in [0.2, 0.25) is 0 Å². The molecule has 0 aromatic carbocycles. The third-order valence-electron chi connectivity index (χ3n) is 2.99. The zero-order valence-corrected chi connectivity index (χ0v) is 15.4. The highest BCUT2D eigenvalue weighted by Gasteiger charge is 2.19. The van der Waals surface area contributed by atoms with Gasteiger partial charge in [-0.3, -0.25) is 9.52 Å². The summed E-state index contributed by atoms with van der Waals surface area (Å²) >= 11 is 0. The van der Waals surface area contributed by atoms with Gasteiger partial charge in [0.05, 0.1) is 11.9 Å². The molecule has 0 aliphatic heterocycles. The predicted molar refractivity (Wildman–Crippen MR) is 90.9 cm³/mol. The van der Waals surface area contributed by atoms with E-state index in [0.29, 0.717) is 12.4 Å². The number of rotatable bonds is 6. The van der Waals surface area contributed by atoms with E-state index in [9.17, 15) is 13.2 Å². The van der Waals surface area contributed by atoms with Gasteiger partial charge in [-0.25, -0.2) is 18.4 Å². The summed E-state index contributed by atoms with van der Waals surface area (Å²) in [5.74, 6) is 1.02. The standard InChI is InChI=1S/C15H26N4O3S/c1-10(2)14-17-11(15(3,4)5)9-12(18-14)16-8-7-13(20)19-23(6,21)22/h9-10H,7-8H2,1-6H3,(H,19,20)(H,16,17,18). The van der Waals surface area contributed by atoms with E-state index in [4.69, 9.17) is 0 Å². The van der Waals surface area contributed by atoms with E-state index in [2.05, 4.69) is 36.1 Å². The van der Waals surface area contributed by atoms with Gasteiger partial charge < -0.3 is 5.32 Å². The lowest BCUT2D eigenvalue weighted by Crippen LogP contribution is -2.30. The van der Waals surface area contributed by atoms with Crippen molar-refractivity contribution < 1.29 is 13.2 Å². The maximum absolute atomic E-state index is 11.5. The Bertz CT molecular complexity index is 664. The van der Waals surface area contributed by atoms with Crippen LogP contribution in [0.3, 0.4) is 0 Å². The molecule has 0 bridgehead atoms. The molecule has 0 atom stereocenters. The van der Waals surface area contributed by atoms with Gasteiger partial charge in [0.1, 0.15) is 11.6 Å². The molecular weight excluding hydrogens is 316 g/mol. The van der Waals surface area contributed by atoms with E-state index < -0.39 is 15.9 Å². The number of amides is 1. The Morgan fingerprint density at radius 2 is 1.87 bits per heavy atom. The molecule has 130 valence electrons. The van der Waals surface area contributed by atoms with Crippen molar-refractivity contribution in [3.8, 4) is 0 Å². The third kappa shape index (κ3) is 6.94. The van der Waals surface area contributed by atoms with Crippen LogP contribution in [-0.4, -0.2) is 37.1 Å². The number of hydrogen-bond acceptors (Lipinski definition) is 6. The predicted octanol–water partition coefficient (Wildman–Crippen LogP) is 1.78. The molecule has 23 heavy (non-hydrogen) atoms. The molecule has 2 N–H and O–H groups in total. The summed E-state index contributed by atoms with van der Waals surface area (Å²) in [7, 11) is -3.52. The number of hydrogen-bond donors (Lipinski definition) is 2. The highest BCUT2D eigenvalue weighted by Crippen LogP contribution is 2.24. The first-order valence-electron chi connectivity index (χ1n) is 7.52. The van der Waals surface area contributed by atoms with Gasteiger partial charge in [0.25, 0.3) is 0 Å². The van der Waals surface area contributed by atoms with Crippen molar-refractivity contribution in [3.63, 3.8) is 0 Å². The molecule has 7 nitrogen and oxygen atoms in total. The van der Waals surface area contributed by atoms with Crippen molar-refractivity contribution >= 4 is 21.7 Å². The largest absolute Gasteiger partial charge is 0.369 e. The Hall–Kier alpha value is -1.70. The fraction of sp³-hybridized carbons (Fsp3) is 0.667. The number of sulfonamides is 1. The number of nitrogens with one attached hydrogen (secondary N) is 2. The molecule has 1 aromatic heterocycles. The Balaban J connectivity index is 2.80. The molecule has 1 amide bonds. The Morgan fingerprint density at radius 1 is 1.26 bits per heavy atom. The van der Waals surface area contributed by atoms with E-state index in [1.54, 1.807) is 0 Å². The van der Waals surface area contributed by atoms with Crippen LogP contribution in [0, 0.1) is 0 Å². The molecule has 1 heterocycles. The van der Waals surface area contributed by atoms with Gasteiger partial charge in [0, 0.05) is 30.4 Å². The minimum Gasteiger partial charge on any atom is -0.369 e. The molecule has 8 heteroatoms. The Labute approximate surface area is 138 Å². The van der Waals surface area contributed by atoms with Gasteiger partial charge in [-0.05, 0) is 0 Å². The van der Waals surface area contributed by atoms with Crippen LogP contribution in [-0.2, 0) is 20.2 Å². The molecule has 0 unspecified atom stereocenters. The summed E-state index contributed by atoms with van der Waals surface area (Å²) < 4.78 is 23.9. The highest BCUT2D eigenvalue weighted by atomic mass is 32.2. The summed E-state index contributed by atoms with van der Waals surface area (Å²) in [4.78, 5) is 20.5. The number of anilines is 1. The van der Waals surface area contributed by atoms with Crippen LogP contribution in [0.5, 0.6) is 0 Å². The lowest BCUT2D eigenvalue weighted by molar-refractivity contribution is -0.119. The lowest BCUT2D eigenvalue weighted by atomic mass is 9.91. The summed E-state index contributed by atoms with van der Waals surface area (Å²) in [5, 5.41) is 3.06. The number of nitrogens with zero attached hydrogens (tertiary/aromatic N) is 2. The molecule has 1 aromatic rings. The topological polar surface area (TPSA) is 101 Å². The molecule has 0 fully saturated rings. The maximum atomic E-state index is 11.5. The van der Waals surface area contributed by atoms with Crippen LogP contribution in [0.15, 0.2) is 6.07 Å². The van der Waals surface area contributed by atoms with Crippen molar-refractivity contribution in [1.29, 1.82) is 0 Å². The van der Waals surface area contributed by atoms with Crippen molar-refractivity contribution in [2.45, 2.75) is 52.4 Å². The fourth-order valence-corrected chi connectivity index (χ4v) is 2.28. The second kappa shape index (κ2) is 7.25. The first kappa shape index (κ1) is 19.3. The summed E-state index contributed by atoms with van der Waals surface area (Å²) in [5.41, 5.74) is 0.802. The number of aromatic nitrogens is 2. The van der Waals surface area contributed by atoms with Crippen LogP contribution in [0.25, 0.3) is 0 Å². The normalized spacial score (nSPS) is 12.3. The maximum Gasteiger partial charge on any atom is 0.235 e. The average molecular weight is 342 g/mol. The number of carbonyl (C=O) groups excluding carboxylic acids is 1. The molecule has 1 rings (SSSR count). The molecule has 0 saturated heterocycles. The van der Waals surface area contributed by atoms with Gasteiger partial charge in [-0.15, -0.1) is 0 Å². The Kier molecular flexibility index (Phi) is 6.10. The van der Waals surface area contributed by atoms with Gasteiger partial charge >= 0.3 is 0 Å². The van der Waals surface area contributed by atoms with Crippen LogP contribution in [0.1, 0.15) is 58.5 Å². The second-order valence-corrected chi connectivity index (χ2v) is 8.62. The highest BCUT2D eigenvalue weighted by molar-refractivity contribution is 7.89. The molecule has 0 aliphatic carbocycles.